The minimum atomic E-state index is -1.59. The van der Waals surface area contributed by atoms with E-state index in [-0.39, 0.29) is 0 Å². The first-order valence-electron chi connectivity index (χ1n) is 5.01. The predicted octanol–water partition coefficient (Wildman–Crippen LogP) is -0.526. The number of halogens is 1. The first-order chi connectivity index (χ1) is 8.49. The molecule has 2 rings (SSSR count). The van der Waals surface area contributed by atoms with Gasteiger partial charge in [0.15, 0.2) is 12.2 Å². The van der Waals surface area contributed by atoms with Crippen molar-refractivity contribution < 1.29 is 33.5 Å². The highest BCUT2D eigenvalue weighted by Crippen LogP contribution is 2.17. The summed E-state index contributed by atoms with van der Waals surface area (Å²) in [6.45, 7) is 0. The second kappa shape index (κ2) is 4.75. The van der Waals surface area contributed by atoms with Crippen LogP contribution in [-0.4, -0.2) is 41.5 Å². The molecule has 1 aliphatic rings. The molecule has 0 aromatic heterocycles. The van der Waals surface area contributed by atoms with Gasteiger partial charge in [0.1, 0.15) is 5.82 Å². The summed E-state index contributed by atoms with van der Waals surface area (Å²) in [5, 5.41) is 17.6. The van der Waals surface area contributed by atoms with Gasteiger partial charge in [-0.15, -0.1) is 0 Å². The van der Waals surface area contributed by atoms with E-state index in [1.807, 2.05) is 0 Å². The maximum Gasteiger partial charge on any atom is 0.495 e. The third kappa shape index (κ3) is 2.34. The highest BCUT2D eigenvalue weighted by atomic mass is 19.1. The van der Waals surface area contributed by atoms with Crippen LogP contribution >= 0.6 is 0 Å². The van der Waals surface area contributed by atoms with Crippen LogP contribution in [0.15, 0.2) is 24.3 Å². The van der Waals surface area contributed by atoms with Gasteiger partial charge in [-0.3, -0.25) is 0 Å². The summed E-state index contributed by atoms with van der Waals surface area (Å²) in [7, 11) is -1.13. The summed E-state index contributed by atoms with van der Waals surface area (Å²) in [5.74, 6) is -3.32. The fourth-order valence-electron chi connectivity index (χ4n) is 1.59. The lowest BCUT2D eigenvalue weighted by Gasteiger charge is -2.08. The quantitative estimate of drug-likeness (QED) is 0.704. The Morgan fingerprint density at radius 3 is 1.89 bits per heavy atom. The minimum Gasteiger partial charge on any atom is -0.479 e. The fourth-order valence-corrected chi connectivity index (χ4v) is 1.59. The highest BCUT2D eigenvalue weighted by Gasteiger charge is 2.48. The van der Waals surface area contributed by atoms with E-state index in [1.165, 1.54) is 12.1 Å². The Hall–Kier alpha value is -1.93. The van der Waals surface area contributed by atoms with Gasteiger partial charge >= 0.3 is 19.1 Å². The van der Waals surface area contributed by atoms with Crippen LogP contribution in [0.5, 0.6) is 0 Å². The normalized spacial score (nSPS) is 23.1. The number of carboxylic acids is 2. The van der Waals surface area contributed by atoms with E-state index in [0.29, 0.717) is 5.46 Å². The summed E-state index contributed by atoms with van der Waals surface area (Å²) in [6, 6.07) is 4.96. The Bertz CT molecular complexity index is 454. The minimum absolute atomic E-state index is 0.353. The molecular weight excluding hydrogens is 246 g/mol. The van der Waals surface area contributed by atoms with Crippen molar-refractivity contribution in [3.63, 3.8) is 0 Å². The zero-order valence-corrected chi connectivity index (χ0v) is 8.95. The van der Waals surface area contributed by atoms with Crippen molar-refractivity contribution >= 4 is 24.5 Å². The molecule has 2 N–H and O–H groups in total. The maximum atomic E-state index is 12.7. The van der Waals surface area contributed by atoms with Crippen LogP contribution in [-0.2, 0) is 18.9 Å². The Labute approximate surface area is 101 Å². The van der Waals surface area contributed by atoms with Gasteiger partial charge in [-0.1, -0.05) is 12.1 Å². The molecule has 18 heavy (non-hydrogen) atoms. The summed E-state index contributed by atoms with van der Waals surface area (Å²) in [6.07, 6.45) is -3.17. The molecule has 1 saturated heterocycles. The molecule has 1 heterocycles. The van der Waals surface area contributed by atoms with Crippen molar-refractivity contribution in [3.8, 4) is 0 Å². The van der Waals surface area contributed by atoms with Crippen LogP contribution < -0.4 is 5.46 Å². The molecule has 0 saturated carbocycles. The first-order valence-corrected chi connectivity index (χ1v) is 5.01. The van der Waals surface area contributed by atoms with Gasteiger partial charge in [0.05, 0.1) is 0 Å². The molecule has 1 aliphatic heterocycles. The van der Waals surface area contributed by atoms with Crippen LogP contribution in [0.1, 0.15) is 0 Å². The fraction of sp³-hybridized carbons (Fsp3) is 0.200. The van der Waals surface area contributed by atoms with Crippen molar-refractivity contribution in [3.05, 3.63) is 30.1 Å². The standard InChI is InChI=1S/C10H8BFO6/c12-6-3-1-5(2-4-6)11-17-7(9(13)14)8(18-11)10(15)16/h1-4,7-8H,(H,13,14)(H,15,16)/t7-,8-/m1/s1. The van der Waals surface area contributed by atoms with Crippen LogP contribution in [0.4, 0.5) is 4.39 Å². The van der Waals surface area contributed by atoms with E-state index < -0.39 is 37.1 Å². The molecule has 0 amide bonds. The van der Waals surface area contributed by atoms with Gasteiger partial charge in [-0.25, -0.2) is 14.0 Å². The van der Waals surface area contributed by atoms with Crippen molar-refractivity contribution in [2.24, 2.45) is 0 Å². The molecule has 0 spiro atoms. The zero-order valence-electron chi connectivity index (χ0n) is 8.95. The molecule has 2 atom stereocenters. The smallest absolute Gasteiger partial charge is 0.479 e. The number of rotatable bonds is 3. The van der Waals surface area contributed by atoms with E-state index in [1.54, 1.807) is 0 Å². The summed E-state index contributed by atoms with van der Waals surface area (Å²) in [5.41, 5.74) is 0.353. The van der Waals surface area contributed by atoms with Gasteiger partial charge in [0, 0.05) is 0 Å². The lowest BCUT2D eigenvalue weighted by molar-refractivity contribution is -0.156. The number of carbonyl (C=O) groups is 2. The van der Waals surface area contributed by atoms with Crippen LogP contribution in [0.3, 0.4) is 0 Å². The maximum absolute atomic E-state index is 12.7. The van der Waals surface area contributed by atoms with Gasteiger partial charge in [0.25, 0.3) is 0 Å². The number of hydrogen-bond acceptors (Lipinski definition) is 4. The molecule has 1 aromatic carbocycles. The van der Waals surface area contributed by atoms with E-state index in [0.717, 1.165) is 12.1 Å². The van der Waals surface area contributed by atoms with Crippen molar-refractivity contribution in [2.45, 2.75) is 12.2 Å². The Balaban J connectivity index is 2.20. The number of hydrogen-bond donors (Lipinski definition) is 2. The molecule has 1 fully saturated rings. The molecule has 8 heteroatoms. The second-order valence-corrected chi connectivity index (χ2v) is 3.67. The van der Waals surface area contributed by atoms with Gasteiger partial charge < -0.3 is 19.5 Å². The number of carboxylic acid groups (broad SMARTS) is 2. The molecule has 0 aliphatic carbocycles. The second-order valence-electron chi connectivity index (χ2n) is 3.67. The van der Waals surface area contributed by atoms with E-state index >= 15 is 0 Å². The average Bonchev–Trinajstić information content (AvgIpc) is 2.75. The Kier molecular flexibility index (Phi) is 3.31. The van der Waals surface area contributed by atoms with Crippen molar-refractivity contribution in [1.82, 2.24) is 0 Å². The van der Waals surface area contributed by atoms with Crippen molar-refractivity contribution in [2.75, 3.05) is 0 Å². The summed E-state index contributed by atoms with van der Waals surface area (Å²) >= 11 is 0. The average molecular weight is 254 g/mol. The van der Waals surface area contributed by atoms with Crippen LogP contribution in [0.25, 0.3) is 0 Å². The van der Waals surface area contributed by atoms with E-state index in [2.05, 4.69) is 0 Å². The summed E-state index contributed by atoms with van der Waals surface area (Å²) in [4.78, 5) is 21.6. The molecule has 6 nitrogen and oxygen atoms in total. The van der Waals surface area contributed by atoms with E-state index in [9.17, 15) is 14.0 Å². The van der Waals surface area contributed by atoms with Crippen molar-refractivity contribution in [1.29, 1.82) is 0 Å². The molecule has 0 radical (unpaired) electrons. The largest absolute Gasteiger partial charge is 0.495 e. The third-order valence-corrected chi connectivity index (χ3v) is 2.44. The summed E-state index contributed by atoms with van der Waals surface area (Å²) < 4.78 is 22.7. The number of benzene rings is 1. The Morgan fingerprint density at radius 1 is 1.06 bits per heavy atom. The predicted molar refractivity (Wildman–Crippen MR) is 56.8 cm³/mol. The zero-order chi connectivity index (χ0) is 13.3. The molecule has 0 unspecified atom stereocenters. The monoisotopic (exact) mass is 254 g/mol. The molecule has 94 valence electrons. The lowest BCUT2D eigenvalue weighted by Crippen LogP contribution is -2.36. The third-order valence-electron chi connectivity index (χ3n) is 2.44. The van der Waals surface area contributed by atoms with Gasteiger partial charge in [-0.2, -0.15) is 0 Å². The molecular formula is C10H8BFO6. The molecule has 1 aromatic rings. The molecule has 0 bridgehead atoms. The van der Waals surface area contributed by atoms with Crippen LogP contribution in [0.2, 0.25) is 0 Å². The van der Waals surface area contributed by atoms with Gasteiger partial charge in [0.2, 0.25) is 0 Å². The SMILES string of the molecule is O=C(O)[C@@H]1OB(c2ccc(F)cc2)O[C@H]1C(=O)O. The topological polar surface area (TPSA) is 93.1 Å². The number of aliphatic carboxylic acids is 2. The van der Waals surface area contributed by atoms with Gasteiger partial charge in [-0.05, 0) is 17.6 Å². The highest BCUT2D eigenvalue weighted by molar-refractivity contribution is 6.62. The van der Waals surface area contributed by atoms with Crippen LogP contribution in [0, 0.1) is 5.82 Å². The van der Waals surface area contributed by atoms with E-state index in [4.69, 9.17) is 19.5 Å². The first kappa shape index (κ1) is 12.5. The lowest BCUT2D eigenvalue weighted by atomic mass is 9.79. The Morgan fingerprint density at radius 2 is 1.50 bits per heavy atom.